The average Bonchev–Trinajstić information content (AvgIpc) is 3.04. The van der Waals surface area contributed by atoms with Crippen molar-refractivity contribution in [3.05, 3.63) is 108 Å². The Morgan fingerprint density at radius 3 is 1.96 bits per heavy atom. The summed E-state index contributed by atoms with van der Waals surface area (Å²) in [6.45, 7) is 2.14. The third-order valence-corrected chi connectivity index (χ3v) is 5.17. The summed E-state index contributed by atoms with van der Waals surface area (Å²) in [4.78, 5) is 0. The van der Waals surface area contributed by atoms with Gasteiger partial charge in [0.1, 0.15) is 0 Å². The summed E-state index contributed by atoms with van der Waals surface area (Å²) in [5.41, 5.74) is 9.30. The zero-order valence-electron chi connectivity index (χ0n) is 16.0. The van der Waals surface area contributed by atoms with Crippen LogP contribution in [0.25, 0.3) is 22.4 Å². The van der Waals surface area contributed by atoms with E-state index in [1.54, 1.807) is 0 Å². The highest BCUT2D eigenvalue weighted by Crippen LogP contribution is 2.37. The second-order valence-corrected chi connectivity index (χ2v) is 7.21. The molecule has 0 fully saturated rings. The molecule has 0 saturated carbocycles. The van der Waals surface area contributed by atoms with Crippen molar-refractivity contribution >= 4 is 0 Å². The van der Waals surface area contributed by atoms with E-state index in [-0.39, 0.29) is 0 Å². The number of aromatic nitrogens is 1. The van der Waals surface area contributed by atoms with Crippen molar-refractivity contribution in [3.8, 4) is 22.4 Å². The zero-order valence-corrected chi connectivity index (χ0v) is 16.0. The number of hydrogen-bond acceptors (Lipinski definition) is 0. The second-order valence-electron chi connectivity index (χ2n) is 7.21. The van der Waals surface area contributed by atoms with Crippen LogP contribution in [-0.4, -0.2) is 4.57 Å². The molecule has 0 unspecified atom stereocenters. The molecule has 4 rings (SSSR count). The lowest BCUT2D eigenvalue weighted by molar-refractivity contribution is 0.909. The number of aryl methyl sites for hydroxylation is 4. The van der Waals surface area contributed by atoms with Crippen LogP contribution < -0.4 is 0 Å². The Kier molecular flexibility index (Phi) is 4.93. The lowest BCUT2D eigenvalue weighted by Gasteiger charge is -2.11. The minimum atomic E-state index is 1.04. The molecule has 1 heteroatoms. The number of rotatable bonds is 5. The Balaban J connectivity index is 1.80. The third kappa shape index (κ3) is 3.73. The molecule has 0 atom stereocenters. The van der Waals surface area contributed by atoms with E-state index in [1.807, 2.05) is 0 Å². The van der Waals surface area contributed by atoms with E-state index in [0.717, 1.165) is 12.8 Å². The van der Waals surface area contributed by atoms with Crippen molar-refractivity contribution in [3.63, 3.8) is 0 Å². The summed E-state index contributed by atoms with van der Waals surface area (Å²) >= 11 is 0. The van der Waals surface area contributed by atoms with Crippen LogP contribution in [0.2, 0.25) is 0 Å². The van der Waals surface area contributed by atoms with Crippen LogP contribution in [-0.2, 0) is 19.9 Å². The summed E-state index contributed by atoms with van der Waals surface area (Å²) in [5.74, 6) is 0. The molecule has 0 radical (unpaired) electrons. The molecule has 0 aliphatic rings. The minimum absolute atomic E-state index is 1.04. The summed E-state index contributed by atoms with van der Waals surface area (Å²) < 4.78 is 2.28. The van der Waals surface area contributed by atoms with E-state index in [4.69, 9.17) is 0 Å². The van der Waals surface area contributed by atoms with E-state index in [2.05, 4.69) is 110 Å². The van der Waals surface area contributed by atoms with Gasteiger partial charge in [0.25, 0.3) is 0 Å². The van der Waals surface area contributed by atoms with Gasteiger partial charge in [-0.15, -0.1) is 0 Å². The molecule has 0 aliphatic carbocycles. The molecule has 0 spiro atoms. The van der Waals surface area contributed by atoms with Crippen molar-refractivity contribution in [2.45, 2.75) is 19.8 Å². The molecular weight excluding hydrogens is 326 g/mol. The highest BCUT2D eigenvalue weighted by Gasteiger charge is 2.17. The first-order valence-corrected chi connectivity index (χ1v) is 9.57. The Morgan fingerprint density at radius 2 is 1.30 bits per heavy atom. The lowest BCUT2D eigenvalue weighted by Crippen LogP contribution is -1.93. The van der Waals surface area contributed by atoms with Crippen LogP contribution in [0, 0.1) is 6.92 Å². The molecule has 0 N–H and O–H groups in total. The normalized spacial score (nSPS) is 10.9. The first kappa shape index (κ1) is 17.4. The molecule has 4 aromatic rings. The van der Waals surface area contributed by atoms with Gasteiger partial charge in [0, 0.05) is 18.8 Å². The third-order valence-electron chi connectivity index (χ3n) is 5.17. The van der Waals surface area contributed by atoms with Gasteiger partial charge >= 0.3 is 0 Å². The van der Waals surface area contributed by atoms with Gasteiger partial charge in [-0.05, 0) is 42.0 Å². The van der Waals surface area contributed by atoms with Crippen LogP contribution in [0.5, 0.6) is 0 Å². The second kappa shape index (κ2) is 7.67. The van der Waals surface area contributed by atoms with E-state index in [9.17, 15) is 0 Å². The molecular formula is C26H25N. The first-order valence-electron chi connectivity index (χ1n) is 9.57. The Bertz CT molecular complexity index is 1010. The summed E-state index contributed by atoms with van der Waals surface area (Å²) in [6, 6.07) is 30.4. The molecule has 3 aromatic carbocycles. The van der Waals surface area contributed by atoms with Gasteiger partial charge in [0.05, 0.1) is 5.69 Å². The maximum Gasteiger partial charge on any atom is 0.0560 e. The number of hydrogen-bond donors (Lipinski definition) is 0. The van der Waals surface area contributed by atoms with Gasteiger partial charge in [-0.25, -0.2) is 0 Å². The molecule has 1 nitrogen and oxygen atoms in total. The lowest BCUT2D eigenvalue weighted by atomic mass is 9.94. The zero-order chi connectivity index (χ0) is 18.6. The largest absolute Gasteiger partial charge is 0.350 e. The highest BCUT2D eigenvalue weighted by atomic mass is 14.9. The van der Waals surface area contributed by atoms with Crippen LogP contribution in [0.4, 0.5) is 0 Å². The number of nitrogens with zero attached hydrogens (tertiary/aromatic N) is 1. The molecule has 0 saturated heterocycles. The van der Waals surface area contributed by atoms with E-state index in [1.165, 1.54) is 39.1 Å². The van der Waals surface area contributed by atoms with E-state index in [0.29, 0.717) is 0 Å². The molecule has 1 heterocycles. The van der Waals surface area contributed by atoms with Crippen LogP contribution in [0.3, 0.4) is 0 Å². The maximum atomic E-state index is 2.31. The fraction of sp³-hybridized carbons (Fsp3) is 0.154. The fourth-order valence-corrected chi connectivity index (χ4v) is 3.79. The van der Waals surface area contributed by atoms with Gasteiger partial charge < -0.3 is 4.57 Å². The van der Waals surface area contributed by atoms with Crippen molar-refractivity contribution < 1.29 is 0 Å². The standard InChI is InChI=1S/C26H25N/c1-20-13-16-22(17-14-20)25-24(18-15-21-9-5-3-6-10-21)19-27(2)26(25)23-11-7-4-8-12-23/h3-14,16-17,19H,15,18H2,1-2H3. The SMILES string of the molecule is Cc1ccc(-c2c(CCc3ccccc3)cn(C)c2-c2ccccc2)cc1. The average molecular weight is 351 g/mol. The van der Waals surface area contributed by atoms with Gasteiger partial charge in [-0.3, -0.25) is 0 Å². The molecule has 27 heavy (non-hydrogen) atoms. The molecule has 1 aromatic heterocycles. The molecule has 0 bridgehead atoms. The van der Waals surface area contributed by atoms with E-state index < -0.39 is 0 Å². The minimum Gasteiger partial charge on any atom is -0.350 e. The highest BCUT2D eigenvalue weighted by molar-refractivity contribution is 5.84. The monoisotopic (exact) mass is 351 g/mol. The Hall–Kier alpha value is -3.06. The van der Waals surface area contributed by atoms with Gasteiger partial charge in [0.15, 0.2) is 0 Å². The van der Waals surface area contributed by atoms with Gasteiger partial charge in [-0.1, -0.05) is 90.5 Å². The Morgan fingerprint density at radius 1 is 0.667 bits per heavy atom. The molecule has 0 amide bonds. The summed E-state index contributed by atoms with van der Waals surface area (Å²) in [6.07, 6.45) is 4.40. The van der Waals surface area contributed by atoms with Crippen molar-refractivity contribution in [1.82, 2.24) is 4.57 Å². The van der Waals surface area contributed by atoms with Gasteiger partial charge in [-0.2, -0.15) is 0 Å². The smallest absolute Gasteiger partial charge is 0.0560 e. The summed E-state index contributed by atoms with van der Waals surface area (Å²) in [7, 11) is 2.16. The van der Waals surface area contributed by atoms with Crippen LogP contribution >= 0.6 is 0 Å². The summed E-state index contributed by atoms with van der Waals surface area (Å²) in [5, 5.41) is 0. The predicted molar refractivity (Wildman–Crippen MR) is 115 cm³/mol. The molecule has 0 aliphatic heterocycles. The van der Waals surface area contributed by atoms with E-state index >= 15 is 0 Å². The fourth-order valence-electron chi connectivity index (χ4n) is 3.79. The molecule has 134 valence electrons. The van der Waals surface area contributed by atoms with Crippen molar-refractivity contribution in [2.75, 3.05) is 0 Å². The number of benzene rings is 3. The topological polar surface area (TPSA) is 4.93 Å². The van der Waals surface area contributed by atoms with Crippen LogP contribution in [0.1, 0.15) is 16.7 Å². The maximum absolute atomic E-state index is 2.31. The Labute approximate surface area is 161 Å². The van der Waals surface area contributed by atoms with Crippen molar-refractivity contribution in [2.24, 2.45) is 7.05 Å². The first-order chi connectivity index (χ1) is 13.2. The quantitative estimate of drug-likeness (QED) is 0.389. The van der Waals surface area contributed by atoms with Crippen LogP contribution in [0.15, 0.2) is 91.1 Å². The van der Waals surface area contributed by atoms with Crippen molar-refractivity contribution in [1.29, 1.82) is 0 Å². The van der Waals surface area contributed by atoms with Gasteiger partial charge in [0.2, 0.25) is 0 Å². The predicted octanol–water partition coefficient (Wildman–Crippen LogP) is 6.45.